The molecule has 1 aromatic rings. The average molecular weight is 334 g/mol. The van der Waals surface area contributed by atoms with Crippen molar-refractivity contribution in [2.24, 2.45) is 5.41 Å². The van der Waals surface area contributed by atoms with Gasteiger partial charge in [-0.05, 0) is 36.6 Å². The molecule has 5 heteroatoms. The molecule has 1 fully saturated rings. The molecule has 0 radical (unpaired) electrons. The molecule has 1 saturated carbocycles. The van der Waals surface area contributed by atoms with Gasteiger partial charge in [0.1, 0.15) is 6.61 Å². The summed E-state index contributed by atoms with van der Waals surface area (Å²) in [5, 5.41) is 3.46. The Morgan fingerprint density at radius 2 is 2.30 bits per heavy atom. The van der Waals surface area contributed by atoms with Crippen molar-refractivity contribution in [3.8, 4) is 0 Å². The van der Waals surface area contributed by atoms with Gasteiger partial charge in [0.05, 0.1) is 0 Å². The SMILES string of the molecule is C=CCOC(=O)C12CC1(CCCC)c1cc(Cl)ccc1NC2=O. The number of halogens is 1. The monoisotopic (exact) mass is 333 g/mol. The number of benzene rings is 1. The standard InChI is InChI=1S/C18H20ClNO3/c1-3-5-8-17-11-18(17,16(22)23-9-4-2)15(21)20-14-7-6-12(19)10-13(14)17/h4,6-7,10H,2-3,5,8-9,11H2,1H3,(H,20,21). The van der Waals surface area contributed by atoms with E-state index >= 15 is 0 Å². The summed E-state index contributed by atoms with van der Waals surface area (Å²) in [7, 11) is 0. The summed E-state index contributed by atoms with van der Waals surface area (Å²) >= 11 is 6.16. The lowest BCUT2D eigenvalue weighted by atomic mass is 9.78. The van der Waals surface area contributed by atoms with Crippen LogP contribution in [0, 0.1) is 5.41 Å². The van der Waals surface area contributed by atoms with Crippen molar-refractivity contribution in [1.29, 1.82) is 0 Å². The third-order valence-corrected chi connectivity index (χ3v) is 5.26. The predicted octanol–water partition coefficient (Wildman–Crippen LogP) is 3.84. The maximum atomic E-state index is 12.7. The Morgan fingerprint density at radius 1 is 1.52 bits per heavy atom. The van der Waals surface area contributed by atoms with Gasteiger partial charge in [0.25, 0.3) is 0 Å². The molecule has 23 heavy (non-hydrogen) atoms. The summed E-state index contributed by atoms with van der Waals surface area (Å²) in [6.07, 6.45) is 4.70. The van der Waals surface area contributed by atoms with Crippen molar-refractivity contribution in [3.63, 3.8) is 0 Å². The van der Waals surface area contributed by atoms with Crippen LogP contribution >= 0.6 is 11.6 Å². The van der Waals surface area contributed by atoms with Crippen molar-refractivity contribution in [2.75, 3.05) is 11.9 Å². The molecule has 0 spiro atoms. The smallest absolute Gasteiger partial charge is 0.322 e. The summed E-state index contributed by atoms with van der Waals surface area (Å²) in [6, 6.07) is 5.43. The number of esters is 1. The van der Waals surface area contributed by atoms with Crippen LogP contribution in [0.2, 0.25) is 5.02 Å². The zero-order chi connectivity index (χ0) is 16.7. The van der Waals surface area contributed by atoms with Gasteiger partial charge < -0.3 is 10.1 Å². The first-order valence-electron chi connectivity index (χ1n) is 7.91. The summed E-state index contributed by atoms with van der Waals surface area (Å²) in [5.74, 6) is -0.728. The van der Waals surface area contributed by atoms with Gasteiger partial charge in [0.15, 0.2) is 5.41 Å². The summed E-state index contributed by atoms with van der Waals surface area (Å²) in [4.78, 5) is 25.3. The van der Waals surface area contributed by atoms with Crippen molar-refractivity contribution in [2.45, 2.75) is 38.0 Å². The molecule has 0 aromatic heterocycles. The van der Waals surface area contributed by atoms with Crippen LogP contribution in [-0.4, -0.2) is 18.5 Å². The molecule has 2 aliphatic rings. The van der Waals surface area contributed by atoms with Gasteiger partial charge in [0, 0.05) is 16.1 Å². The molecule has 3 rings (SSSR count). The van der Waals surface area contributed by atoms with Crippen LogP contribution in [0.25, 0.3) is 0 Å². The minimum atomic E-state index is -1.12. The highest BCUT2D eigenvalue weighted by Gasteiger charge is 2.79. The molecular weight excluding hydrogens is 314 g/mol. The number of ether oxygens (including phenoxy) is 1. The van der Waals surface area contributed by atoms with Crippen LogP contribution in [0.3, 0.4) is 0 Å². The van der Waals surface area contributed by atoms with E-state index in [2.05, 4.69) is 18.8 Å². The van der Waals surface area contributed by atoms with Crippen molar-refractivity contribution in [1.82, 2.24) is 0 Å². The van der Waals surface area contributed by atoms with Gasteiger partial charge in [-0.1, -0.05) is 44.0 Å². The quantitative estimate of drug-likeness (QED) is 0.489. The van der Waals surface area contributed by atoms with E-state index in [1.165, 1.54) is 6.08 Å². The number of hydrogen-bond acceptors (Lipinski definition) is 3. The number of nitrogens with one attached hydrogen (secondary N) is 1. The van der Waals surface area contributed by atoms with E-state index < -0.39 is 16.8 Å². The minimum Gasteiger partial charge on any atom is -0.461 e. The van der Waals surface area contributed by atoms with E-state index in [-0.39, 0.29) is 12.5 Å². The van der Waals surface area contributed by atoms with Crippen LogP contribution in [0.15, 0.2) is 30.9 Å². The summed E-state index contributed by atoms with van der Waals surface area (Å²) in [5.41, 5.74) is 0.0842. The highest BCUT2D eigenvalue weighted by atomic mass is 35.5. The zero-order valence-electron chi connectivity index (χ0n) is 13.2. The number of anilines is 1. The Morgan fingerprint density at radius 3 is 3.00 bits per heavy atom. The van der Waals surface area contributed by atoms with E-state index in [0.29, 0.717) is 11.4 Å². The second-order valence-electron chi connectivity index (χ2n) is 6.30. The van der Waals surface area contributed by atoms with Gasteiger partial charge in [-0.3, -0.25) is 9.59 Å². The average Bonchev–Trinajstić information content (AvgIpc) is 3.24. The maximum absolute atomic E-state index is 12.7. The van der Waals surface area contributed by atoms with E-state index in [4.69, 9.17) is 16.3 Å². The molecule has 1 heterocycles. The van der Waals surface area contributed by atoms with Crippen LogP contribution in [-0.2, 0) is 19.7 Å². The fourth-order valence-corrected chi connectivity index (χ4v) is 3.99. The van der Waals surface area contributed by atoms with Crippen LogP contribution in [0.4, 0.5) is 5.69 Å². The van der Waals surface area contributed by atoms with Crippen LogP contribution in [0.5, 0.6) is 0 Å². The molecule has 1 aromatic carbocycles. The highest BCUT2D eigenvalue weighted by molar-refractivity contribution is 6.31. The number of fused-ring (bicyclic) bond motifs is 3. The van der Waals surface area contributed by atoms with Crippen LogP contribution < -0.4 is 5.32 Å². The lowest BCUT2D eigenvalue weighted by Crippen LogP contribution is -2.43. The Balaban J connectivity index is 2.06. The number of carbonyl (C=O) groups is 2. The van der Waals surface area contributed by atoms with Gasteiger partial charge in [-0.2, -0.15) is 0 Å². The van der Waals surface area contributed by atoms with Crippen LogP contribution in [0.1, 0.15) is 38.2 Å². The summed E-state index contributed by atoms with van der Waals surface area (Å²) in [6.45, 7) is 5.76. The molecule has 0 bridgehead atoms. The lowest BCUT2D eigenvalue weighted by molar-refractivity contribution is -0.153. The molecule has 2 atom stereocenters. The van der Waals surface area contributed by atoms with E-state index in [1.54, 1.807) is 12.1 Å². The topological polar surface area (TPSA) is 55.4 Å². The number of unbranched alkanes of at least 4 members (excludes halogenated alkanes) is 1. The van der Waals surface area contributed by atoms with E-state index in [9.17, 15) is 9.59 Å². The second-order valence-corrected chi connectivity index (χ2v) is 6.74. The van der Waals surface area contributed by atoms with Gasteiger partial charge in [-0.25, -0.2) is 0 Å². The fourth-order valence-electron chi connectivity index (χ4n) is 3.81. The third-order valence-electron chi connectivity index (χ3n) is 5.03. The van der Waals surface area contributed by atoms with Gasteiger partial charge in [0.2, 0.25) is 5.91 Å². The molecule has 1 amide bonds. The van der Waals surface area contributed by atoms with Crippen molar-refractivity contribution >= 4 is 29.2 Å². The first-order valence-corrected chi connectivity index (χ1v) is 8.29. The molecule has 1 aliphatic carbocycles. The zero-order valence-corrected chi connectivity index (χ0v) is 13.9. The Kier molecular flexibility index (Phi) is 3.96. The Labute approximate surface area is 140 Å². The number of amides is 1. The Bertz CT molecular complexity index is 687. The normalized spacial score (nSPS) is 27.5. The largest absolute Gasteiger partial charge is 0.461 e. The molecule has 2 unspecified atom stereocenters. The minimum absolute atomic E-state index is 0.111. The third kappa shape index (κ3) is 2.19. The molecule has 0 saturated heterocycles. The van der Waals surface area contributed by atoms with Crippen molar-refractivity contribution in [3.05, 3.63) is 41.4 Å². The first kappa shape index (κ1) is 16.1. The first-order chi connectivity index (χ1) is 11.0. The fraction of sp³-hybridized carbons (Fsp3) is 0.444. The van der Waals surface area contributed by atoms with Gasteiger partial charge >= 0.3 is 5.97 Å². The van der Waals surface area contributed by atoms with E-state index in [1.807, 2.05) is 6.07 Å². The van der Waals surface area contributed by atoms with E-state index in [0.717, 1.165) is 30.5 Å². The molecule has 4 nitrogen and oxygen atoms in total. The molecule has 122 valence electrons. The number of carbonyl (C=O) groups excluding carboxylic acids is 2. The lowest BCUT2D eigenvalue weighted by Gasteiger charge is -2.31. The van der Waals surface area contributed by atoms with Crippen molar-refractivity contribution < 1.29 is 14.3 Å². The number of rotatable bonds is 6. The number of hydrogen-bond donors (Lipinski definition) is 1. The molecular formula is C18H20ClNO3. The predicted molar refractivity (Wildman–Crippen MR) is 89.5 cm³/mol. The van der Waals surface area contributed by atoms with Gasteiger partial charge in [-0.15, -0.1) is 0 Å². The Hall–Kier alpha value is -1.81. The highest BCUT2D eigenvalue weighted by Crippen LogP contribution is 2.71. The maximum Gasteiger partial charge on any atom is 0.322 e. The second kappa shape index (κ2) is 5.68. The molecule has 1 aliphatic heterocycles. The molecule has 1 N–H and O–H groups in total. The summed E-state index contributed by atoms with van der Waals surface area (Å²) < 4.78 is 5.25.